The highest BCUT2D eigenvalue weighted by molar-refractivity contribution is 9.11. The Bertz CT molecular complexity index is 1320. The Morgan fingerprint density at radius 2 is 0.600 bits per heavy atom. The molecule has 148 valence electrons. The van der Waals surface area contributed by atoms with E-state index in [2.05, 4.69) is 88.0 Å². The second-order valence-electron chi connectivity index (χ2n) is 6.67. The van der Waals surface area contributed by atoms with Crippen LogP contribution in [0.2, 0.25) is 0 Å². The monoisotopic (exact) mass is 648 g/mol. The summed E-state index contributed by atoms with van der Waals surface area (Å²) in [6.07, 6.45) is 0. The molecule has 0 aliphatic heterocycles. The number of benzene rings is 4. The van der Waals surface area contributed by atoms with Crippen molar-refractivity contribution < 1.29 is 8.83 Å². The van der Waals surface area contributed by atoms with E-state index in [1.165, 1.54) is 0 Å². The molecule has 0 unspecified atom stereocenters. The van der Waals surface area contributed by atoms with Crippen LogP contribution in [-0.2, 0) is 0 Å². The van der Waals surface area contributed by atoms with Gasteiger partial charge in [-0.2, -0.15) is 0 Å². The van der Waals surface area contributed by atoms with Gasteiger partial charge in [-0.1, -0.05) is 48.5 Å². The average molecular weight is 652 g/mol. The minimum Gasteiger partial charge on any atom is -0.454 e. The van der Waals surface area contributed by atoms with E-state index in [1.807, 2.05) is 48.5 Å². The molecule has 6 heteroatoms. The molecule has 0 bridgehead atoms. The summed E-state index contributed by atoms with van der Waals surface area (Å²) >= 11 is 14.0. The smallest absolute Gasteiger partial charge is 0.149 e. The Labute approximate surface area is 205 Å². The van der Waals surface area contributed by atoms with Crippen molar-refractivity contribution in [2.75, 3.05) is 0 Å². The molecular weight excluding hydrogens is 640 g/mol. The SMILES string of the molecule is Brc1cccc2c1oc1c(Br)cccc12.Brc1cccc2c1oc1c(Br)cccc12. The van der Waals surface area contributed by atoms with E-state index in [1.54, 1.807) is 0 Å². The summed E-state index contributed by atoms with van der Waals surface area (Å²) in [5.74, 6) is 0. The van der Waals surface area contributed by atoms with E-state index < -0.39 is 0 Å². The Morgan fingerprint density at radius 3 is 0.833 bits per heavy atom. The van der Waals surface area contributed by atoms with Gasteiger partial charge < -0.3 is 8.83 Å². The van der Waals surface area contributed by atoms with E-state index in [4.69, 9.17) is 8.83 Å². The molecule has 0 amide bonds. The van der Waals surface area contributed by atoms with Gasteiger partial charge in [-0.05, 0) is 88.0 Å². The van der Waals surface area contributed by atoms with E-state index >= 15 is 0 Å². The van der Waals surface area contributed by atoms with Crippen LogP contribution in [-0.4, -0.2) is 0 Å². The lowest BCUT2D eigenvalue weighted by Gasteiger charge is -1.90. The van der Waals surface area contributed by atoms with Crippen molar-refractivity contribution in [1.29, 1.82) is 0 Å². The number of hydrogen-bond donors (Lipinski definition) is 0. The van der Waals surface area contributed by atoms with Gasteiger partial charge in [0.1, 0.15) is 22.3 Å². The largest absolute Gasteiger partial charge is 0.454 e. The highest BCUT2D eigenvalue weighted by atomic mass is 79.9. The molecule has 0 atom stereocenters. The van der Waals surface area contributed by atoms with Crippen LogP contribution >= 0.6 is 63.7 Å². The molecule has 0 fully saturated rings. The first-order valence-electron chi connectivity index (χ1n) is 9.05. The van der Waals surface area contributed by atoms with Crippen LogP contribution in [0, 0.1) is 0 Å². The van der Waals surface area contributed by atoms with Crippen molar-refractivity contribution >= 4 is 108 Å². The zero-order chi connectivity index (χ0) is 20.8. The fourth-order valence-corrected chi connectivity index (χ4v) is 5.29. The zero-order valence-corrected chi connectivity index (χ0v) is 21.6. The molecule has 6 aromatic rings. The van der Waals surface area contributed by atoms with Gasteiger partial charge in [0, 0.05) is 21.5 Å². The minimum atomic E-state index is 0.902. The highest BCUT2D eigenvalue weighted by Crippen LogP contribution is 2.37. The molecule has 0 radical (unpaired) electrons. The standard InChI is InChI=1S/2C12H6Br2O/c2*13-9-5-1-3-7-8-4-2-6-10(14)12(8)15-11(7)9/h2*1-6H. The molecule has 2 heterocycles. The predicted molar refractivity (Wildman–Crippen MR) is 138 cm³/mol. The third kappa shape index (κ3) is 3.44. The summed E-state index contributed by atoms with van der Waals surface area (Å²) < 4.78 is 15.6. The molecule has 6 rings (SSSR count). The first-order chi connectivity index (χ1) is 14.5. The lowest BCUT2D eigenvalue weighted by atomic mass is 10.2. The van der Waals surface area contributed by atoms with Crippen molar-refractivity contribution in [1.82, 2.24) is 0 Å². The molecule has 0 spiro atoms. The average Bonchev–Trinajstić information content (AvgIpc) is 3.31. The maximum absolute atomic E-state index is 5.82. The Kier molecular flexibility index (Phi) is 5.52. The second-order valence-corrected chi connectivity index (χ2v) is 10.1. The van der Waals surface area contributed by atoms with Crippen molar-refractivity contribution in [2.45, 2.75) is 0 Å². The van der Waals surface area contributed by atoms with Gasteiger partial charge in [-0.25, -0.2) is 0 Å². The van der Waals surface area contributed by atoms with Crippen molar-refractivity contribution in [3.05, 3.63) is 90.7 Å². The fraction of sp³-hybridized carbons (Fsp3) is 0. The Morgan fingerprint density at radius 1 is 0.367 bits per heavy atom. The second kappa shape index (κ2) is 8.15. The maximum Gasteiger partial charge on any atom is 0.149 e. The summed E-state index contributed by atoms with van der Waals surface area (Å²) in [5.41, 5.74) is 3.61. The highest BCUT2D eigenvalue weighted by Gasteiger charge is 2.11. The number of halogens is 4. The molecule has 0 aliphatic carbocycles. The number of rotatable bonds is 0. The molecule has 0 saturated carbocycles. The Balaban J connectivity index is 0.000000128. The number of para-hydroxylation sites is 4. The van der Waals surface area contributed by atoms with Crippen LogP contribution in [0.4, 0.5) is 0 Å². The molecule has 0 aliphatic rings. The van der Waals surface area contributed by atoms with Gasteiger partial charge >= 0.3 is 0 Å². The van der Waals surface area contributed by atoms with E-state index in [9.17, 15) is 0 Å². The van der Waals surface area contributed by atoms with Gasteiger partial charge in [0.15, 0.2) is 0 Å². The summed E-state index contributed by atoms with van der Waals surface area (Å²) in [6, 6.07) is 24.3. The van der Waals surface area contributed by atoms with Gasteiger partial charge in [0.25, 0.3) is 0 Å². The number of furan rings is 2. The van der Waals surface area contributed by atoms with Gasteiger partial charge in [0.05, 0.1) is 17.9 Å². The third-order valence-corrected chi connectivity index (χ3v) is 7.35. The summed E-state index contributed by atoms with van der Waals surface area (Å²) in [5, 5.41) is 4.56. The van der Waals surface area contributed by atoms with Gasteiger partial charge in [-0.15, -0.1) is 0 Å². The molecule has 4 aromatic carbocycles. The molecule has 0 N–H and O–H groups in total. The van der Waals surface area contributed by atoms with Crippen LogP contribution in [0.1, 0.15) is 0 Å². The number of hydrogen-bond acceptors (Lipinski definition) is 2. The van der Waals surface area contributed by atoms with E-state index in [0.29, 0.717) is 0 Å². The van der Waals surface area contributed by atoms with Crippen molar-refractivity contribution in [2.24, 2.45) is 0 Å². The van der Waals surface area contributed by atoms with Crippen LogP contribution in [0.15, 0.2) is 99.5 Å². The minimum absolute atomic E-state index is 0.902. The molecule has 2 nitrogen and oxygen atoms in total. The van der Waals surface area contributed by atoms with Crippen molar-refractivity contribution in [3.63, 3.8) is 0 Å². The van der Waals surface area contributed by atoms with Crippen LogP contribution in [0.5, 0.6) is 0 Å². The molecule has 0 saturated heterocycles. The molecule has 2 aromatic heterocycles. The van der Waals surface area contributed by atoms with Gasteiger partial charge in [-0.3, -0.25) is 0 Å². The summed E-state index contributed by atoms with van der Waals surface area (Å²) in [6.45, 7) is 0. The summed E-state index contributed by atoms with van der Waals surface area (Å²) in [7, 11) is 0. The molecule has 30 heavy (non-hydrogen) atoms. The summed E-state index contributed by atoms with van der Waals surface area (Å²) in [4.78, 5) is 0. The van der Waals surface area contributed by atoms with Crippen LogP contribution < -0.4 is 0 Å². The first-order valence-corrected chi connectivity index (χ1v) is 12.2. The number of fused-ring (bicyclic) bond motifs is 6. The normalized spacial score (nSPS) is 11.3. The Hall–Kier alpha value is -1.60. The lowest BCUT2D eigenvalue weighted by molar-refractivity contribution is 0.664. The fourth-order valence-electron chi connectivity index (χ4n) is 3.50. The quantitative estimate of drug-likeness (QED) is 0.163. The van der Waals surface area contributed by atoms with Crippen LogP contribution in [0.25, 0.3) is 43.9 Å². The topological polar surface area (TPSA) is 26.3 Å². The van der Waals surface area contributed by atoms with Crippen LogP contribution in [0.3, 0.4) is 0 Å². The van der Waals surface area contributed by atoms with Crippen molar-refractivity contribution in [3.8, 4) is 0 Å². The predicted octanol–water partition coefficient (Wildman–Crippen LogP) is 10.2. The van der Waals surface area contributed by atoms with E-state index in [0.717, 1.165) is 61.8 Å². The first kappa shape index (κ1) is 20.3. The molecular formula is C24H12Br4O2. The van der Waals surface area contributed by atoms with E-state index in [-0.39, 0.29) is 0 Å². The zero-order valence-electron chi connectivity index (χ0n) is 15.3. The lowest BCUT2D eigenvalue weighted by Crippen LogP contribution is -1.67. The van der Waals surface area contributed by atoms with Gasteiger partial charge in [0.2, 0.25) is 0 Å². The maximum atomic E-state index is 5.82. The third-order valence-electron chi connectivity index (χ3n) is 4.86.